The molecule has 0 saturated heterocycles. The summed E-state index contributed by atoms with van der Waals surface area (Å²) in [6.07, 6.45) is 1.94. The fraction of sp³-hybridized carbons (Fsp3) is 0.156. The number of methoxy groups -OCH3 is 1. The second-order valence-corrected chi connectivity index (χ2v) is 9.55. The molecule has 0 N–H and O–H groups in total. The third-order valence-electron chi connectivity index (χ3n) is 6.22. The van der Waals surface area contributed by atoms with E-state index < -0.39 is 5.97 Å². The van der Waals surface area contributed by atoms with Gasteiger partial charge in [0.05, 0.1) is 12.7 Å². The summed E-state index contributed by atoms with van der Waals surface area (Å²) in [5.41, 5.74) is 3.92. The molecule has 4 nitrogen and oxygen atoms in total. The third-order valence-corrected chi connectivity index (χ3v) is 7.48. The largest absolute Gasteiger partial charge is 0.465 e. The summed E-state index contributed by atoms with van der Waals surface area (Å²) in [5.74, 6) is -0.688. The van der Waals surface area contributed by atoms with E-state index in [0.717, 1.165) is 33.0 Å². The number of carbonyl (C=O) groups is 2. The summed E-state index contributed by atoms with van der Waals surface area (Å²) in [5, 5.41) is 1.73. The Bertz CT molecular complexity index is 1630. The Morgan fingerprint density at radius 2 is 1.41 bits per heavy atom. The Morgan fingerprint density at radius 1 is 0.757 bits per heavy atom. The Morgan fingerprint density at radius 3 is 2.08 bits per heavy atom. The maximum atomic E-state index is 12.6. The lowest BCUT2D eigenvalue weighted by Gasteiger charge is -2.08. The number of fused-ring (bicyclic) bond motifs is 2. The van der Waals surface area contributed by atoms with Crippen LogP contribution in [0.25, 0.3) is 20.2 Å². The number of hydrogen-bond acceptors (Lipinski definition) is 5. The molecule has 0 saturated carbocycles. The second-order valence-electron chi connectivity index (χ2n) is 8.50. The molecule has 0 amide bonds. The zero-order valence-corrected chi connectivity index (χ0v) is 21.9. The standard InChI is InChI=1S/C17H16OS.C15H12O3/c1-3-11-9-12(4-2)17-14(10-11)16(18)13-7-5-6-8-15(13)19-17;1-18-15(17)13-10-6-5-9-12(13)14(16)11-7-3-2-4-8-11/h5-10H,3-4H2,1-2H3;2-10H,1H3. The number of hydrogen-bond donors (Lipinski definition) is 0. The van der Waals surface area contributed by atoms with Gasteiger partial charge in [-0.05, 0) is 48.2 Å². The van der Waals surface area contributed by atoms with Crippen molar-refractivity contribution in [2.75, 3.05) is 7.11 Å². The molecule has 0 aliphatic rings. The summed E-state index contributed by atoms with van der Waals surface area (Å²) in [6, 6.07) is 27.7. The fourth-order valence-corrected chi connectivity index (χ4v) is 5.46. The van der Waals surface area contributed by atoms with Gasteiger partial charge in [-0.25, -0.2) is 4.79 Å². The molecule has 0 bridgehead atoms. The monoisotopic (exact) mass is 508 g/mol. The predicted molar refractivity (Wildman–Crippen MR) is 152 cm³/mol. The number of ketones is 1. The van der Waals surface area contributed by atoms with Crippen LogP contribution in [0.3, 0.4) is 0 Å². The Labute approximate surface area is 220 Å². The molecule has 0 aliphatic heterocycles. The third kappa shape index (κ3) is 5.52. The molecule has 0 spiro atoms. The molecular weight excluding hydrogens is 480 g/mol. The molecule has 5 rings (SSSR count). The van der Waals surface area contributed by atoms with Crippen LogP contribution in [0.5, 0.6) is 0 Å². The lowest BCUT2D eigenvalue weighted by molar-refractivity contribution is 0.0597. The molecule has 37 heavy (non-hydrogen) atoms. The van der Waals surface area contributed by atoms with Crippen LogP contribution < -0.4 is 5.43 Å². The van der Waals surface area contributed by atoms with E-state index in [1.54, 1.807) is 59.9 Å². The molecule has 0 radical (unpaired) electrons. The normalized spacial score (nSPS) is 10.6. The van der Waals surface area contributed by atoms with Crippen molar-refractivity contribution < 1.29 is 14.3 Å². The zero-order chi connectivity index (χ0) is 26.4. The van der Waals surface area contributed by atoms with Crippen LogP contribution in [-0.2, 0) is 17.6 Å². The van der Waals surface area contributed by atoms with Gasteiger partial charge < -0.3 is 4.74 Å². The van der Waals surface area contributed by atoms with Crippen molar-refractivity contribution in [2.45, 2.75) is 26.7 Å². The lowest BCUT2D eigenvalue weighted by atomic mass is 9.98. The molecule has 0 atom stereocenters. The average molecular weight is 509 g/mol. The van der Waals surface area contributed by atoms with Crippen LogP contribution in [0, 0.1) is 0 Å². The molecule has 1 aromatic heterocycles. The Hall–Kier alpha value is -4.09. The number of ether oxygens (including phenoxy) is 1. The van der Waals surface area contributed by atoms with Crippen LogP contribution >= 0.6 is 11.3 Å². The highest BCUT2D eigenvalue weighted by Gasteiger charge is 2.17. The summed E-state index contributed by atoms with van der Waals surface area (Å²) >= 11 is 1.74. The molecule has 0 fully saturated rings. The first-order valence-corrected chi connectivity index (χ1v) is 13.0. The van der Waals surface area contributed by atoms with Gasteiger partial charge >= 0.3 is 5.97 Å². The van der Waals surface area contributed by atoms with E-state index in [1.807, 2.05) is 30.3 Å². The minimum Gasteiger partial charge on any atom is -0.465 e. The molecule has 5 heteroatoms. The number of esters is 1. The fourth-order valence-electron chi connectivity index (χ4n) is 4.22. The second kappa shape index (κ2) is 11.8. The van der Waals surface area contributed by atoms with Gasteiger partial charge in [-0.15, -0.1) is 11.3 Å². The van der Waals surface area contributed by atoms with Crippen LogP contribution in [-0.4, -0.2) is 18.9 Å². The first kappa shape index (κ1) is 26.0. The lowest BCUT2D eigenvalue weighted by Crippen LogP contribution is -2.11. The van der Waals surface area contributed by atoms with Crippen molar-refractivity contribution in [3.8, 4) is 0 Å². The average Bonchev–Trinajstić information content (AvgIpc) is 2.97. The summed E-state index contributed by atoms with van der Waals surface area (Å²) in [7, 11) is 1.30. The van der Waals surface area contributed by atoms with E-state index in [0.29, 0.717) is 11.1 Å². The smallest absolute Gasteiger partial charge is 0.338 e. The molecule has 0 unspecified atom stereocenters. The summed E-state index contributed by atoms with van der Waals surface area (Å²) < 4.78 is 6.91. The number of aryl methyl sites for hydroxylation is 2. The first-order chi connectivity index (χ1) is 18.0. The van der Waals surface area contributed by atoms with Crippen LogP contribution in [0.1, 0.15) is 51.3 Å². The van der Waals surface area contributed by atoms with E-state index in [1.165, 1.54) is 18.2 Å². The van der Waals surface area contributed by atoms with Gasteiger partial charge in [0.15, 0.2) is 11.2 Å². The van der Waals surface area contributed by atoms with Gasteiger partial charge in [-0.1, -0.05) is 80.6 Å². The van der Waals surface area contributed by atoms with E-state index in [9.17, 15) is 14.4 Å². The Balaban J connectivity index is 0.000000173. The first-order valence-electron chi connectivity index (χ1n) is 12.2. The highest BCUT2D eigenvalue weighted by atomic mass is 32.1. The van der Waals surface area contributed by atoms with E-state index in [-0.39, 0.29) is 16.8 Å². The van der Waals surface area contributed by atoms with E-state index in [4.69, 9.17) is 0 Å². The molecular formula is C32H28O4S. The van der Waals surface area contributed by atoms with Crippen LogP contribution in [0.2, 0.25) is 0 Å². The van der Waals surface area contributed by atoms with Gasteiger partial charge in [0.1, 0.15) is 0 Å². The van der Waals surface area contributed by atoms with Gasteiger partial charge in [-0.3, -0.25) is 9.59 Å². The molecule has 4 aromatic carbocycles. The molecule has 186 valence electrons. The summed E-state index contributed by atoms with van der Waals surface area (Å²) in [6.45, 7) is 4.29. The maximum Gasteiger partial charge on any atom is 0.338 e. The van der Waals surface area contributed by atoms with E-state index >= 15 is 0 Å². The van der Waals surface area contributed by atoms with Crippen molar-refractivity contribution in [1.82, 2.24) is 0 Å². The Kier molecular flexibility index (Phi) is 8.26. The van der Waals surface area contributed by atoms with Gasteiger partial charge in [0.25, 0.3) is 0 Å². The quantitative estimate of drug-likeness (QED) is 0.143. The van der Waals surface area contributed by atoms with Crippen molar-refractivity contribution in [1.29, 1.82) is 0 Å². The minimum absolute atomic E-state index is 0.175. The molecule has 0 aliphatic carbocycles. The number of rotatable bonds is 5. The highest BCUT2D eigenvalue weighted by Crippen LogP contribution is 2.29. The van der Waals surface area contributed by atoms with Crippen molar-refractivity contribution >= 4 is 43.3 Å². The van der Waals surface area contributed by atoms with Crippen molar-refractivity contribution in [3.63, 3.8) is 0 Å². The number of benzene rings is 4. The predicted octanol–water partition coefficient (Wildman–Crippen LogP) is 7.24. The zero-order valence-electron chi connectivity index (χ0n) is 21.1. The maximum absolute atomic E-state index is 12.6. The van der Waals surface area contributed by atoms with E-state index in [2.05, 4.69) is 30.7 Å². The van der Waals surface area contributed by atoms with Crippen molar-refractivity contribution in [3.05, 3.63) is 129 Å². The topological polar surface area (TPSA) is 60.4 Å². The van der Waals surface area contributed by atoms with Crippen molar-refractivity contribution in [2.24, 2.45) is 0 Å². The van der Waals surface area contributed by atoms with Crippen LogP contribution in [0.4, 0.5) is 0 Å². The van der Waals surface area contributed by atoms with Gasteiger partial charge in [0, 0.05) is 31.3 Å². The molecule has 1 heterocycles. The summed E-state index contributed by atoms with van der Waals surface area (Å²) in [4.78, 5) is 36.5. The van der Waals surface area contributed by atoms with Gasteiger partial charge in [-0.2, -0.15) is 0 Å². The van der Waals surface area contributed by atoms with Crippen LogP contribution in [0.15, 0.2) is 95.8 Å². The van der Waals surface area contributed by atoms with Gasteiger partial charge in [0.2, 0.25) is 0 Å². The minimum atomic E-state index is -0.505. The number of carbonyl (C=O) groups excluding carboxylic acids is 2. The SMILES string of the molecule is CCc1cc(CC)c2sc3ccccc3c(=O)c2c1.COC(=O)c1ccccc1C(=O)c1ccccc1. The highest BCUT2D eigenvalue weighted by molar-refractivity contribution is 7.24. The molecule has 5 aromatic rings.